The fourth-order valence-electron chi connectivity index (χ4n) is 1.77. The monoisotopic (exact) mass is 347 g/mol. The summed E-state index contributed by atoms with van der Waals surface area (Å²) in [7, 11) is 0. The molecule has 0 bridgehead atoms. The molecule has 2 rings (SSSR count). The number of nitrogens with one attached hydrogen (secondary N) is 1. The van der Waals surface area contributed by atoms with Crippen LogP contribution in [0.1, 0.15) is 5.56 Å². The maximum Gasteiger partial charge on any atom is 0.248 e. The second kappa shape index (κ2) is 8.42. The lowest BCUT2D eigenvalue weighted by Gasteiger charge is -2.05. The number of anilines is 1. The normalized spacial score (nSPS) is 10.5. The van der Waals surface area contributed by atoms with Crippen LogP contribution in [0.2, 0.25) is 10.0 Å². The van der Waals surface area contributed by atoms with Crippen molar-refractivity contribution in [1.82, 2.24) is 0 Å². The third-order valence-corrected chi connectivity index (χ3v) is 3.41. The van der Waals surface area contributed by atoms with E-state index in [2.05, 4.69) is 11.9 Å². The van der Waals surface area contributed by atoms with Crippen LogP contribution in [0.3, 0.4) is 0 Å². The van der Waals surface area contributed by atoms with E-state index in [4.69, 9.17) is 27.9 Å². The second-order valence-electron chi connectivity index (χ2n) is 4.62. The highest BCUT2D eigenvalue weighted by atomic mass is 35.5. The van der Waals surface area contributed by atoms with Crippen molar-refractivity contribution in [3.8, 4) is 5.75 Å². The number of amides is 1. The number of halogens is 2. The maximum atomic E-state index is 11.9. The van der Waals surface area contributed by atoms with Gasteiger partial charge in [-0.1, -0.05) is 48.0 Å². The Bertz CT molecular complexity index is 724. The van der Waals surface area contributed by atoms with Gasteiger partial charge in [-0.3, -0.25) is 4.79 Å². The molecule has 0 aliphatic carbocycles. The summed E-state index contributed by atoms with van der Waals surface area (Å²) in [6.07, 6.45) is 4.82. The minimum Gasteiger partial charge on any atom is -0.490 e. The molecule has 0 saturated carbocycles. The summed E-state index contributed by atoms with van der Waals surface area (Å²) >= 11 is 11.8. The van der Waals surface area contributed by atoms with Gasteiger partial charge in [0, 0.05) is 11.1 Å². The zero-order chi connectivity index (χ0) is 16.7. The van der Waals surface area contributed by atoms with Gasteiger partial charge < -0.3 is 10.1 Å². The average molecular weight is 348 g/mol. The molecule has 2 aromatic carbocycles. The molecular formula is C18H15Cl2NO2. The van der Waals surface area contributed by atoms with E-state index in [0.717, 1.165) is 11.3 Å². The lowest BCUT2D eigenvalue weighted by Crippen LogP contribution is -2.08. The first-order chi connectivity index (χ1) is 11.1. The number of hydrogen-bond donors (Lipinski definition) is 1. The molecule has 2 aromatic rings. The zero-order valence-electron chi connectivity index (χ0n) is 12.3. The van der Waals surface area contributed by atoms with Gasteiger partial charge in [0.05, 0.1) is 10.7 Å². The highest BCUT2D eigenvalue weighted by molar-refractivity contribution is 6.36. The van der Waals surface area contributed by atoms with Crippen molar-refractivity contribution < 1.29 is 9.53 Å². The fraction of sp³-hybridized carbons (Fsp3) is 0.0556. The van der Waals surface area contributed by atoms with Gasteiger partial charge in [0.15, 0.2) is 0 Å². The number of benzene rings is 2. The van der Waals surface area contributed by atoms with E-state index in [1.54, 1.807) is 30.4 Å². The Kier molecular flexibility index (Phi) is 6.27. The van der Waals surface area contributed by atoms with Crippen LogP contribution in [0.15, 0.2) is 61.2 Å². The van der Waals surface area contributed by atoms with Crippen LogP contribution in [-0.4, -0.2) is 12.5 Å². The molecule has 0 atom stereocenters. The smallest absolute Gasteiger partial charge is 0.248 e. The lowest BCUT2D eigenvalue weighted by atomic mass is 10.2. The first-order valence-electron chi connectivity index (χ1n) is 6.86. The quantitative estimate of drug-likeness (QED) is 0.575. The number of hydrogen-bond acceptors (Lipinski definition) is 2. The van der Waals surface area contributed by atoms with Gasteiger partial charge in [0.2, 0.25) is 5.91 Å². The summed E-state index contributed by atoms with van der Waals surface area (Å²) in [5, 5.41) is 3.60. The molecule has 118 valence electrons. The number of carbonyl (C=O) groups is 1. The number of carbonyl (C=O) groups excluding carboxylic acids is 1. The largest absolute Gasteiger partial charge is 0.490 e. The van der Waals surface area contributed by atoms with Crippen molar-refractivity contribution in [3.63, 3.8) is 0 Å². The van der Waals surface area contributed by atoms with E-state index in [9.17, 15) is 4.79 Å². The molecule has 0 aliphatic rings. The molecule has 0 fully saturated rings. The highest BCUT2D eigenvalue weighted by Gasteiger charge is 2.03. The average Bonchev–Trinajstić information content (AvgIpc) is 2.54. The Balaban J connectivity index is 1.96. The molecule has 0 radical (unpaired) electrons. The van der Waals surface area contributed by atoms with Crippen molar-refractivity contribution in [2.45, 2.75) is 0 Å². The number of ether oxygens (including phenoxy) is 1. The summed E-state index contributed by atoms with van der Waals surface area (Å²) in [5.74, 6) is 0.473. The molecule has 1 amide bonds. The third kappa shape index (κ3) is 5.47. The molecular weight excluding hydrogens is 333 g/mol. The second-order valence-corrected chi connectivity index (χ2v) is 5.46. The summed E-state index contributed by atoms with van der Waals surface area (Å²) < 4.78 is 5.39. The first-order valence-corrected chi connectivity index (χ1v) is 7.62. The van der Waals surface area contributed by atoms with Crippen molar-refractivity contribution in [1.29, 1.82) is 0 Å². The summed E-state index contributed by atoms with van der Waals surface area (Å²) in [6, 6.07) is 12.3. The Morgan fingerprint density at radius 3 is 2.57 bits per heavy atom. The lowest BCUT2D eigenvalue weighted by molar-refractivity contribution is -0.111. The van der Waals surface area contributed by atoms with E-state index in [1.807, 2.05) is 24.3 Å². The zero-order valence-corrected chi connectivity index (χ0v) is 13.8. The van der Waals surface area contributed by atoms with Crippen LogP contribution in [0.25, 0.3) is 6.08 Å². The standard InChI is InChI=1S/C18H15Cl2NO2/c1-2-11-23-15-7-3-13(4-8-15)5-10-18(22)21-17-9-6-14(19)12-16(17)20/h2-10,12H,1,11H2,(H,21,22)/b10-5+. The Labute approximate surface area is 145 Å². The minimum atomic E-state index is -0.277. The van der Waals surface area contributed by atoms with Crippen LogP contribution in [-0.2, 0) is 4.79 Å². The maximum absolute atomic E-state index is 11.9. The fourth-order valence-corrected chi connectivity index (χ4v) is 2.22. The third-order valence-electron chi connectivity index (χ3n) is 2.86. The van der Waals surface area contributed by atoms with Gasteiger partial charge in [0.25, 0.3) is 0 Å². The summed E-state index contributed by atoms with van der Waals surface area (Å²) in [4.78, 5) is 11.9. The van der Waals surface area contributed by atoms with E-state index in [1.165, 1.54) is 6.08 Å². The molecule has 0 unspecified atom stereocenters. The summed E-state index contributed by atoms with van der Waals surface area (Å²) in [5.41, 5.74) is 1.40. The van der Waals surface area contributed by atoms with E-state index >= 15 is 0 Å². The molecule has 0 heterocycles. The van der Waals surface area contributed by atoms with Gasteiger partial charge in [-0.2, -0.15) is 0 Å². The topological polar surface area (TPSA) is 38.3 Å². The van der Waals surface area contributed by atoms with E-state index in [0.29, 0.717) is 22.3 Å². The van der Waals surface area contributed by atoms with Gasteiger partial charge >= 0.3 is 0 Å². The predicted octanol–water partition coefficient (Wildman–Crippen LogP) is 5.21. The predicted molar refractivity (Wildman–Crippen MR) is 96.3 cm³/mol. The molecule has 0 spiro atoms. The molecule has 1 N–H and O–H groups in total. The SMILES string of the molecule is C=CCOc1ccc(/C=C/C(=O)Nc2ccc(Cl)cc2Cl)cc1. The van der Waals surface area contributed by atoms with Crippen LogP contribution in [0.5, 0.6) is 5.75 Å². The Morgan fingerprint density at radius 1 is 1.17 bits per heavy atom. The molecule has 0 aliphatic heterocycles. The van der Waals surface area contributed by atoms with Crippen LogP contribution < -0.4 is 10.1 Å². The highest BCUT2D eigenvalue weighted by Crippen LogP contribution is 2.25. The van der Waals surface area contributed by atoms with Crippen molar-refractivity contribution in [3.05, 3.63) is 76.8 Å². The van der Waals surface area contributed by atoms with Gasteiger partial charge in [0.1, 0.15) is 12.4 Å². The molecule has 3 nitrogen and oxygen atoms in total. The van der Waals surface area contributed by atoms with E-state index < -0.39 is 0 Å². The van der Waals surface area contributed by atoms with Gasteiger partial charge in [-0.25, -0.2) is 0 Å². The van der Waals surface area contributed by atoms with Crippen molar-refractivity contribution >= 4 is 40.9 Å². The molecule has 0 aromatic heterocycles. The van der Waals surface area contributed by atoms with Crippen molar-refractivity contribution in [2.75, 3.05) is 11.9 Å². The molecule has 5 heteroatoms. The Morgan fingerprint density at radius 2 is 1.91 bits per heavy atom. The Hall–Kier alpha value is -2.23. The van der Waals surface area contributed by atoms with Gasteiger partial charge in [-0.05, 0) is 42.0 Å². The van der Waals surface area contributed by atoms with E-state index in [-0.39, 0.29) is 5.91 Å². The number of rotatable bonds is 6. The molecule has 0 saturated heterocycles. The van der Waals surface area contributed by atoms with Crippen LogP contribution >= 0.6 is 23.2 Å². The van der Waals surface area contributed by atoms with Crippen LogP contribution in [0.4, 0.5) is 5.69 Å². The molecule has 23 heavy (non-hydrogen) atoms. The minimum absolute atomic E-state index is 0.277. The van der Waals surface area contributed by atoms with Gasteiger partial charge in [-0.15, -0.1) is 0 Å². The first kappa shape index (κ1) is 17.1. The van der Waals surface area contributed by atoms with Crippen LogP contribution in [0, 0.1) is 0 Å². The summed E-state index contributed by atoms with van der Waals surface area (Å²) in [6.45, 7) is 4.05. The van der Waals surface area contributed by atoms with Crippen molar-refractivity contribution in [2.24, 2.45) is 0 Å².